The van der Waals surface area contributed by atoms with Gasteiger partial charge >= 0.3 is 6.09 Å². The normalized spacial score (nSPS) is 16.8. The largest absolute Gasteiger partial charge is 0.444 e. The number of nitrogens with zero attached hydrogens (tertiary/aromatic N) is 1. The number of alkyl carbamates (subject to hydrolysis) is 1. The fourth-order valence-corrected chi connectivity index (χ4v) is 1.60. The Labute approximate surface area is 102 Å². The molecule has 1 fully saturated rings. The van der Waals surface area contributed by atoms with Crippen LogP contribution in [0.5, 0.6) is 0 Å². The van der Waals surface area contributed by atoms with E-state index in [-0.39, 0.29) is 0 Å². The quantitative estimate of drug-likeness (QED) is 0.615. The molecule has 0 bridgehead atoms. The number of amides is 1. The van der Waals surface area contributed by atoms with Crippen LogP contribution in [-0.4, -0.2) is 47.9 Å². The molecule has 0 aromatic rings. The minimum atomic E-state index is -0.497. The molecule has 92 valence electrons. The first-order valence-corrected chi connectivity index (χ1v) is 5.79. The molecule has 1 rings (SSSR count). The molecule has 0 unspecified atom stereocenters. The minimum Gasteiger partial charge on any atom is -0.444 e. The van der Waals surface area contributed by atoms with Gasteiger partial charge in [0.1, 0.15) is 5.60 Å². The Morgan fingerprint density at radius 2 is 1.94 bits per heavy atom. The third-order valence-corrected chi connectivity index (χ3v) is 2.37. The summed E-state index contributed by atoms with van der Waals surface area (Å²) in [5, 5.41) is 6.23. The summed E-state index contributed by atoms with van der Waals surface area (Å²) in [7, 11) is 0. The van der Waals surface area contributed by atoms with Crippen LogP contribution in [0.3, 0.4) is 0 Å². The first kappa shape index (κ1) is 13.2. The third kappa shape index (κ3) is 4.76. The molecule has 1 heterocycles. The van der Waals surface area contributed by atoms with Crippen LogP contribution >= 0.6 is 12.2 Å². The number of thiocarbonyl (C=S) groups is 1. The summed E-state index contributed by atoms with van der Waals surface area (Å²) in [5.74, 6) is 0. The molecule has 6 heteroatoms. The smallest absolute Gasteiger partial charge is 0.413 e. The Kier molecular flexibility index (Phi) is 4.49. The molecule has 0 atom stereocenters. The topological polar surface area (TPSA) is 53.6 Å². The van der Waals surface area contributed by atoms with E-state index in [1.165, 1.54) is 0 Å². The fraction of sp³-hybridized carbons (Fsp3) is 0.800. The van der Waals surface area contributed by atoms with Gasteiger partial charge in [-0.3, -0.25) is 5.32 Å². The first-order chi connectivity index (χ1) is 7.38. The third-order valence-electron chi connectivity index (χ3n) is 2.01. The molecule has 2 N–H and O–H groups in total. The molecule has 16 heavy (non-hydrogen) atoms. The molecule has 1 amide bonds. The van der Waals surface area contributed by atoms with Gasteiger partial charge in [0.05, 0.1) is 0 Å². The van der Waals surface area contributed by atoms with Crippen LogP contribution in [0.15, 0.2) is 0 Å². The maximum absolute atomic E-state index is 11.4. The molecule has 1 saturated heterocycles. The Bertz CT molecular complexity index is 270. The zero-order valence-corrected chi connectivity index (χ0v) is 10.8. The molecule has 0 spiro atoms. The summed E-state index contributed by atoms with van der Waals surface area (Å²) in [6, 6.07) is 0. The lowest BCUT2D eigenvalue weighted by Crippen LogP contribution is -2.51. The summed E-state index contributed by atoms with van der Waals surface area (Å²) in [4.78, 5) is 13.4. The molecule has 1 aliphatic heterocycles. The Hall–Kier alpha value is -0.880. The maximum Gasteiger partial charge on any atom is 0.413 e. The molecule has 5 nitrogen and oxygen atoms in total. The first-order valence-electron chi connectivity index (χ1n) is 5.38. The van der Waals surface area contributed by atoms with Crippen LogP contribution in [0.2, 0.25) is 0 Å². The predicted octanol–water partition coefficient (Wildman–Crippen LogP) is 0.701. The van der Waals surface area contributed by atoms with Crippen LogP contribution in [0.1, 0.15) is 20.8 Å². The molecule has 0 aromatic carbocycles. The van der Waals surface area contributed by atoms with Crippen molar-refractivity contribution in [2.24, 2.45) is 0 Å². The Morgan fingerprint density at radius 3 is 2.44 bits per heavy atom. The number of carbonyl (C=O) groups excluding carboxylic acids is 1. The number of nitrogens with one attached hydrogen (secondary N) is 2. The predicted molar refractivity (Wildman–Crippen MR) is 66.4 cm³/mol. The average molecular weight is 245 g/mol. The zero-order valence-electron chi connectivity index (χ0n) is 10.0. The summed E-state index contributed by atoms with van der Waals surface area (Å²) in [6.07, 6.45) is -0.490. The van der Waals surface area contributed by atoms with Crippen LogP contribution in [0.4, 0.5) is 4.79 Å². The molecule has 0 saturated carbocycles. The van der Waals surface area contributed by atoms with E-state index >= 15 is 0 Å². The number of carbonyl (C=O) groups is 1. The number of hydrogen-bond donors (Lipinski definition) is 2. The van der Waals surface area contributed by atoms with Crippen LogP contribution in [0.25, 0.3) is 0 Å². The Balaban J connectivity index is 2.35. The van der Waals surface area contributed by atoms with Crippen molar-refractivity contribution in [2.45, 2.75) is 26.4 Å². The zero-order chi connectivity index (χ0) is 12.2. The second-order valence-corrected chi connectivity index (χ2v) is 5.06. The second kappa shape index (κ2) is 5.45. The molecule has 0 radical (unpaired) electrons. The molecular weight excluding hydrogens is 226 g/mol. The highest BCUT2D eigenvalue weighted by atomic mass is 32.1. The molecular formula is C10H19N3O2S. The lowest BCUT2D eigenvalue weighted by molar-refractivity contribution is 0.0557. The summed E-state index contributed by atoms with van der Waals surface area (Å²) in [6.45, 7) is 8.86. The van der Waals surface area contributed by atoms with Gasteiger partial charge in [0.2, 0.25) is 0 Å². The van der Waals surface area contributed by atoms with Gasteiger partial charge in [-0.2, -0.15) is 0 Å². The van der Waals surface area contributed by atoms with Crippen molar-refractivity contribution in [2.75, 3.05) is 26.2 Å². The van der Waals surface area contributed by atoms with E-state index < -0.39 is 11.7 Å². The van der Waals surface area contributed by atoms with E-state index in [4.69, 9.17) is 17.0 Å². The van der Waals surface area contributed by atoms with Gasteiger partial charge in [0.25, 0.3) is 0 Å². The van der Waals surface area contributed by atoms with E-state index in [0.717, 1.165) is 26.2 Å². The van der Waals surface area contributed by atoms with Crippen molar-refractivity contribution in [1.82, 2.24) is 15.5 Å². The Morgan fingerprint density at radius 1 is 1.38 bits per heavy atom. The van der Waals surface area contributed by atoms with Crippen LogP contribution in [-0.2, 0) is 4.74 Å². The van der Waals surface area contributed by atoms with E-state index in [0.29, 0.717) is 5.11 Å². The van der Waals surface area contributed by atoms with E-state index in [2.05, 4.69) is 10.6 Å². The van der Waals surface area contributed by atoms with Crippen molar-refractivity contribution in [3.8, 4) is 0 Å². The molecule has 0 aliphatic carbocycles. The summed E-state index contributed by atoms with van der Waals surface area (Å²) < 4.78 is 5.12. The summed E-state index contributed by atoms with van der Waals surface area (Å²) >= 11 is 5.13. The van der Waals surface area contributed by atoms with Crippen LogP contribution in [0, 0.1) is 0 Å². The lowest BCUT2D eigenvalue weighted by atomic mass is 10.2. The molecule has 1 aliphatic rings. The van der Waals surface area contributed by atoms with Crippen molar-refractivity contribution in [3.63, 3.8) is 0 Å². The van der Waals surface area contributed by atoms with Gasteiger partial charge in [0.15, 0.2) is 5.11 Å². The van der Waals surface area contributed by atoms with E-state index in [1.54, 1.807) is 0 Å². The lowest BCUT2D eigenvalue weighted by Gasteiger charge is -2.30. The number of rotatable bonds is 0. The average Bonchev–Trinajstić information content (AvgIpc) is 2.16. The minimum absolute atomic E-state index is 0.441. The highest BCUT2D eigenvalue weighted by Crippen LogP contribution is 2.06. The van der Waals surface area contributed by atoms with E-state index in [1.807, 2.05) is 25.7 Å². The van der Waals surface area contributed by atoms with Gasteiger partial charge < -0.3 is 15.0 Å². The number of ether oxygens (including phenoxy) is 1. The SMILES string of the molecule is CC(C)(C)OC(=O)NC(=S)N1CCNCC1. The standard InChI is InChI=1S/C10H19N3O2S/c1-10(2,3)15-9(14)12-8(16)13-6-4-11-5-7-13/h11H,4-7H2,1-3H3,(H,12,14,16). The van der Waals surface area contributed by atoms with Crippen LogP contribution < -0.4 is 10.6 Å². The second-order valence-electron chi connectivity index (χ2n) is 4.67. The van der Waals surface area contributed by atoms with Crippen molar-refractivity contribution < 1.29 is 9.53 Å². The molecule has 0 aromatic heterocycles. The van der Waals surface area contributed by atoms with E-state index in [9.17, 15) is 4.79 Å². The van der Waals surface area contributed by atoms with Gasteiger partial charge in [-0.05, 0) is 33.0 Å². The van der Waals surface area contributed by atoms with Crippen molar-refractivity contribution in [1.29, 1.82) is 0 Å². The van der Waals surface area contributed by atoms with Gasteiger partial charge in [0, 0.05) is 26.2 Å². The monoisotopic (exact) mass is 245 g/mol. The highest BCUT2D eigenvalue weighted by Gasteiger charge is 2.19. The van der Waals surface area contributed by atoms with Crippen molar-refractivity contribution in [3.05, 3.63) is 0 Å². The maximum atomic E-state index is 11.4. The number of hydrogen-bond acceptors (Lipinski definition) is 4. The fourth-order valence-electron chi connectivity index (χ4n) is 1.34. The number of piperazine rings is 1. The van der Waals surface area contributed by atoms with Gasteiger partial charge in [-0.1, -0.05) is 0 Å². The summed E-state index contributed by atoms with van der Waals surface area (Å²) in [5.41, 5.74) is -0.497. The van der Waals surface area contributed by atoms with Crippen molar-refractivity contribution >= 4 is 23.4 Å². The van der Waals surface area contributed by atoms with Gasteiger partial charge in [-0.15, -0.1) is 0 Å². The highest BCUT2D eigenvalue weighted by molar-refractivity contribution is 7.80. The van der Waals surface area contributed by atoms with Gasteiger partial charge in [-0.25, -0.2) is 4.79 Å².